The fourth-order valence-electron chi connectivity index (χ4n) is 2.54. The zero-order chi connectivity index (χ0) is 16.4. The molecule has 1 aliphatic rings. The van der Waals surface area contributed by atoms with Crippen molar-refractivity contribution in [2.45, 2.75) is 12.5 Å². The quantitative estimate of drug-likeness (QED) is 0.691. The van der Waals surface area contributed by atoms with Crippen LogP contribution in [0.3, 0.4) is 0 Å². The molecule has 116 valence electrons. The summed E-state index contributed by atoms with van der Waals surface area (Å²) in [5, 5.41) is 25.7. The van der Waals surface area contributed by atoms with Crippen molar-refractivity contribution in [2.75, 3.05) is 5.01 Å². The molecule has 2 aromatic rings. The van der Waals surface area contributed by atoms with E-state index in [4.69, 9.17) is 0 Å². The molecule has 0 aromatic heterocycles. The van der Waals surface area contributed by atoms with E-state index in [0.717, 1.165) is 5.56 Å². The molecule has 7 nitrogen and oxygen atoms in total. The summed E-state index contributed by atoms with van der Waals surface area (Å²) in [6, 6.07) is 15.1. The Labute approximate surface area is 131 Å². The summed E-state index contributed by atoms with van der Waals surface area (Å²) in [6.45, 7) is 0. The maximum absolute atomic E-state index is 11.3. The SMILES string of the molecule is O=C(O)C1=NN(c2ccc([N+](=O)[O-])cc2)C(c2ccccc2)C1. The molecule has 7 heteroatoms. The number of nitro groups is 1. The van der Waals surface area contributed by atoms with Crippen LogP contribution in [0.2, 0.25) is 0 Å². The highest BCUT2D eigenvalue weighted by Gasteiger charge is 2.32. The first kappa shape index (κ1) is 14.7. The van der Waals surface area contributed by atoms with Gasteiger partial charge >= 0.3 is 5.97 Å². The number of nitrogens with zero attached hydrogens (tertiary/aromatic N) is 3. The molecule has 0 spiro atoms. The number of anilines is 1. The summed E-state index contributed by atoms with van der Waals surface area (Å²) in [5.74, 6) is -1.06. The Balaban J connectivity index is 1.98. The third-order valence-electron chi connectivity index (χ3n) is 3.67. The number of hydrazone groups is 1. The Morgan fingerprint density at radius 2 is 1.83 bits per heavy atom. The first-order valence-electron chi connectivity index (χ1n) is 6.95. The molecule has 1 aliphatic heterocycles. The molecule has 3 rings (SSSR count). The van der Waals surface area contributed by atoms with Gasteiger partial charge in [-0.05, 0) is 17.7 Å². The molecular weight excluding hydrogens is 298 g/mol. The predicted molar refractivity (Wildman–Crippen MR) is 84.4 cm³/mol. The van der Waals surface area contributed by atoms with Crippen molar-refractivity contribution in [3.63, 3.8) is 0 Å². The Morgan fingerprint density at radius 3 is 2.39 bits per heavy atom. The van der Waals surface area contributed by atoms with Crippen molar-refractivity contribution in [2.24, 2.45) is 5.10 Å². The standard InChI is InChI=1S/C16H13N3O4/c20-16(21)14-10-15(11-4-2-1-3-5-11)18(17-14)12-6-8-13(9-7-12)19(22)23/h1-9,15H,10H2,(H,20,21). The van der Waals surface area contributed by atoms with Gasteiger partial charge in [0.1, 0.15) is 5.71 Å². The molecule has 1 atom stereocenters. The molecule has 1 N–H and O–H groups in total. The van der Waals surface area contributed by atoms with E-state index in [1.165, 1.54) is 12.1 Å². The number of hydrogen-bond donors (Lipinski definition) is 1. The van der Waals surface area contributed by atoms with Crippen LogP contribution in [-0.4, -0.2) is 21.7 Å². The molecule has 2 aromatic carbocycles. The molecule has 0 fully saturated rings. The fraction of sp³-hybridized carbons (Fsp3) is 0.125. The normalized spacial score (nSPS) is 17.0. The second kappa shape index (κ2) is 5.88. The Morgan fingerprint density at radius 1 is 1.17 bits per heavy atom. The van der Waals surface area contributed by atoms with E-state index in [1.54, 1.807) is 17.1 Å². The molecule has 1 heterocycles. The van der Waals surface area contributed by atoms with Gasteiger partial charge in [-0.25, -0.2) is 4.79 Å². The zero-order valence-electron chi connectivity index (χ0n) is 12.0. The van der Waals surface area contributed by atoms with Crippen LogP contribution in [0.25, 0.3) is 0 Å². The molecule has 0 saturated carbocycles. The number of non-ortho nitro benzene ring substituents is 1. The van der Waals surface area contributed by atoms with Crippen LogP contribution in [0.1, 0.15) is 18.0 Å². The number of aliphatic carboxylic acids is 1. The largest absolute Gasteiger partial charge is 0.477 e. The molecule has 23 heavy (non-hydrogen) atoms. The van der Waals surface area contributed by atoms with Crippen LogP contribution >= 0.6 is 0 Å². The van der Waals surface area contributed by atoms with Gasteiger partial charge in [0.05, 0.1) is 16.7 Å². The molecule has 0 amide bonds. The molecule has 0 saturated heterocycles. The van der Waals surface area contributed by atoms with Crippen molar-refractivity contribution >= 4 is 23.1 Å². The number of carboxylic acids is 1. The second-order valence-corrected chi connectivity index (χ2v) is 5.10. The first-order valence-corrected chi connectivity index (χ1v) is 6.95. The highest BCUT2D eigenvalue weighted by molar-refractivity contribution is 6.36. The minimum Gasteiger partial charge on any atom is -0.477 e. The lowest BCUT2D eigenvalue weighted by Crippen LogP contribution is -2.18. The van der Waals surface area contributed by atoms with Gasteiger partial charge in [-0.1, -0.05) is 30.3 Å². The van der Waals surface area contributed by atoms with Gasteiger partial charge in [0.2, 0.25) is 0 Å². The Hall–Kier alpha value is -3.22. The zero-order valence-corrected chi connectivity index (χ0v) is 12.0. The lowest BCUT2D eigenvalue weighted by molar-refractivity contribution is -0.384. The van der Waals surface area contributed by atoms with Gasteiger partial charge < -0.3 is 5.11 Å². The summed E-state index contributed by atoms with van der Waals surface area (Å²) in [5.41, 5.74) is 1.59. The number of benzene rings is 2. The lowest BCUT2D eigenvalue weighted by atomic mass is 10.0. The molecule has 1 unspecified atom stereocenters. The molecule has 0 bridgehead atoms. The highest BCUT2D eigenvalue weighted by atomic mass is 16.6. The van der Waals surface area contributed by atoms with Gasteiger partial charge in [-0.2, -0.15) is 5.10 Å². The maximum atomic E-state index is 11.3. The summed E-state index contributed by atoms with van der Waals surface area (Å²) in [6.07, 6.45) is 0.274. The van der Waals surface area contributed by atoms with Crippen molar-refractivity contribution in [1.29, 1.82) is 0 Å². The molecular formula is C16H13N3O4. The summed E-state index contributed by atoms with van der Waals surface area (Å²) < 4.78 is 0. The van der Waals surface area contributed by atoms with Crippen molar-refractivity contribution in [1.82, 2.24) is 0 Å². The topological polar surface area (TPSA) is 96.0 Å². The fourth-order valence-corrected chi connectivity index (χ4v) is 2.54. The first-order chi connectivity index (χ1) is 11.1. The van der Waals surface area contributed by atoms with E-state index in [0.29, 0.717) is 5.69 Å². The highest BCUT2D eigenvalue weighted by Crippen LogP contribution is 2.35. The van der Waals surface area contributed by atoms with Crippen LogP contribution in [-0.2, 0) is 4.79 Å². The number of carbonyl (C=O) groups is 1. The van der Waals surface area contributed by atoms with Crippen molar-refractivity contribution < 1.29 is 14.8 Å². The van der Waals surface area contributed by atoms with Crippen LogP contribution in [0.15, 0.2) is 59.7 Å². The average molecular weight is 311 g/mol. The number of rotatable bonds is 4. The minimum absolute atomic E-state index is 0.0216. The monoisotopic (exact) mass is 311 g/mol. The van der Waals surface area contributed by atoms with E-state index in [9.17, 15) is 20.0 Å². The second-order valence-electron chi connectivity index (χ2n) is 5.10. The minimum atomic E-state index is -1.06. The Kier molecular flexibility index (Phi) is 3.76. The van der Waals surface area contributed by atoms with E-state index in [1.807, 2.05) is 30.3 Å². The third-order valence-corrected chi connectivity index (χ3v) is 3.67. The van der Waals surface area contributed by atoms with Crippen LogP contribution in [0.4, 0.5) is 11.4 Å². The van der Waals surface area contributed by atoms with Gasteiger partial charge in [0.15, 0.2) is 0 Å². The number of carboxylic acid groups (broad SMARTS) is 1. The van der Waals surface area contributed by atoms with Gasteiger partial charge in [0, 0.05) is 18.6 Å². The van der Waals surface area contributed by atoms with Gasteiger partial charge in [0.25, 0.3) is 5.69 Å². The van der Waals surface area contributed by atoms with E-state index in [-0.39, 0.29) is 23.9 Å². The van der Waals surface area contributed by atoms with Crippen molar-refractivity contribution in [3.8, 4) is 0 Å². The summed E-state index contributed by atoms with van der Waals surface area (Å²) >= 11 is 0. The lowest BCUT2D eigenvalue weighted by Gasteiger charge is -2.23. The van der Waals surface area contributed by atoms with E-state index in [2.05, 4.69) is 5.10 Å². The van der Waals surface area contributed by atoms with Crippen LogP contribution < -0.4 is 5.01 Å². The summed E-state index contributed by atoms with van der Waals surface area (Å²) in [7, 11) is 0. The van der Waals surface area contributed by atoms with Crippen molar-refractivity contribution in [3.05, 3.63) is 70.3 Å². The predicted octanol–water partition coefficient (Wildman–Crippen LogP) is 2.99. The van der Waals surface area contributed by atoms with E-state index < -0.39 is 10.9 Å². The van der Waals surface area contributed by atoms with Crippen LogP contribution in [0, 0.1) is 10.1 Å². The van der Waals surface area contributed by atoms with Crippen LogP contribution in [0.5, 0.6) is 0 Å². The average Bonchev–Trinajstić information content (AvgIpc) is 3.01. The van der Waals surface area contributed by atoms with Gasteiger partial charge in [-0.3, -0.25) is 15.1 Å². The smallest absolute Gasteiger partial charge is 0.352 e. The Bertz CT molecular complexity index is 772. The van der Waals surface area contributed by atoms with E-state index >= 15 is 0 Å². The number of hydrogen-bond acceptors (Lipinski definition) is 5. The molecule has 0 aliphatic carbocycles. The molecule has 0 radical (unpaired) electrons. The summed E-state index contributed by atoms with van der Waals surface area (Å²) in [4.78, 5) is 21.5. The number of nitro benzene ring substituents is 1. The van der Waals surface area contributed by atoms with Gasteiger partial charge in [-0.15, -0.1) is 0 Å². The third kappa shape index (κ3) is 2.89. The maximum Gasteiger partial charge on any atom is 0.352 e.